The van der Waals surface area contributed by atoms with E-state index in [1.807, 2.05) is 6.92 Å². The Labute approximate surface area is 164 Å². The summed E-state index contributed by atoms with van der Waals surface area (Å²) in [4.78, 5) is 4.32. The smallest absolute Gasteiger partial charge is 0.215 e. The van der Waals surface area contributed by atoms with Crippen molar-refractivity contribution < 1.29 is 9.13 Å². The van der Waals surface area contributed by atoms with E-state index in [0.717, 1.165) is 0 Å². The summed E-state index contributed by atoms with van der Waals surface area (Å²) in [5, 5.41) is 17.1. The molecule has 5 heteroatoms. The Kier molecular flexibility index (Phi) is 7.34. The monoisotopic (exact) mass is 375 g/mol. The van der Waals surface area contributed by atoms with E-state index in [9.17, 15) is 4.39 Å². The van der Waals surface area contributed by atoms with Crippen LogP contribution in [0, 0.1) is 16.6 Å². The van der Waals surface area contributed by atoms with Gasteiger partial charge in [-0.2, -0.15) is 0 Å². The molecular formula is C23H22FN3O. The average Bonchev–Trinajstić information content (AvgIpc) is 2.73. The number of methoxy groups -OCH3 is 1. The summed E-state index contributed by atoms with van der Waals surface area (Å²) in [6.07, 6.45) is 8.46. The lowest BCUT2D eigenvalue weighted by Gasteiger charge is -2.18. The van der Waals surface area contributed by atoms with Crippen molar-refractivity contribution in [3.63, 3.8) is 0 Å². The molecule has 0 saturated heterocycles. The van der Waals surface area contributed by atoms with Crippen molar-refractivity contribution in [2.24, 2.45) is 0 Å². The van der Waals surface area contributed by atoms with Gasteiger partial charge in [-0.25, -0.2) is 4.39 Å². The summed E-state index contributed by atoms with van der Waals surface area (Å²) < 4.78 is 19.6. The van der Waals surface area contributed by atoms with E-state index in [1.54, 1.807) is 60.8 Å². The molecular weight excluding hydrogens is 353 g/mol. The number of nitrogens with zero attached hydrogens (tertiary/aromatic N) is 1. The van der Waals surface area contributed by atoms with Crippen LogP contribution < -0.4 is 0 Å². The van der Waals surface area contributed by atoms with Gasteiger partial charge in [0.1, 0.15) is 5.82 Å². The van der Waals surface area contributed by atoms with Crippen LogP contribution in [0.25, 0.3) is 5.57 Å². The van der Waals surface area contributed by atoms with Gasteiger partial charge in [0.15, 0.2) is 0 Å². The second kappa shape index (κ2) is 9.92. The third-order valence-corrected chi connectivity index (χ3v) is 4.01. The Bertz CT molecular complexity index is 972. The Morgan fingerprint density at radius 1 is 1.14 bits per heavy atom. The molecule has 2 N–H and O–H groups in total. The van der Waals surface area contributed by atoms with Crippen molar-refractivity contribution in [1.82, 2.24) is 4.98 Å². The van der Waals surface area contributed by atoms with Gasteiger partial charge in [0.05, 0.1) is 24.1 Å². The SMILES string of the molecule is C=C\C=C/C(=C\C)C(/C(=N)c1ccccc1F)=C(/C(=N)OC)c1ccccn1. The van der Waals surface area contributed by atoms with Gasteiger partial charge in [0, 0.05) is 17.3 Å². The van der Waals surface area contributed by atoms with Crippen LogP contribution in [-0.4, -0.2) is 23.7 Å². The molecule has 0 fully saturated rings. The number of aromatic nitrogens is 1. The first kappa shape index (κ1) is 20.7. The summed E-state index contributed by atoms with van der Waals surface area (Å²) in [7, 11) is 1.38. The molecule has 1 aromatic heterocycles. The molecule has 0 bridgehead atoms. The van der Waals surface area contributed by atoms with E-state index in [4.69, 9.17) is 15.6 Å². The molecule has 0 unspecified atom stereocenters. The van der Waals surface area contributed by atoms with Crippen molar-refractivity contribution in [2.75, 3.05) is 7.11 Å². The first-order chi connectivity index (χ1) is 13.5. The number of ether oxygens (including phenoxy) is 1. The maximum Gasteiger partial charge on any atom is 0.215 e. The molecule has 0 radical (unpaired) electrons. The molecule has 2 rings (SSSR count). The van der Waals surface area contributed by atoms with Gasteiger partial charge in [0.25, 0.3) is 0 Å². The normalized spacial score (nSPS) is 12.5. The number of benzene rings is 1. The summed E-state index contributed by atoms with van der Waals surface area (Å²) in [6, 6.07) is 11.3. The van der Waals surface area contributed by atoms with Gasteiger partial charge in [-0.15, -0.1) is 0 Å². The van der Waals surface area contributed by atoms with Gasteiger partial charge in [-0.05, 0) is 36.8 Å². The standard InChI is InChI=1S/C23H22FN3O/c1-4-6-11-16(5-2)20(22(25)17-12-7-8-13-18(17)24)21(23(26)28-3)19-14-9-10-15-27-19/h4-15,25-26H,1H2,2-3H3/b11-6-,16-5+,21-20-,25-22?,26-23?. The van der Waals surface area contributed by atoms with Gasteiger partial charge in [-0.1, -0.05) is 49.1 Å². The van der Waals surface area contributed by atoms with E-state index in [2.05, 4.69) is 11.6 Å². The van der Waals surface area contributed by atoms with Crippen molar-refractivity contribution in [3.05, 3.63) is 108 Å². The van der Waals surface area contributed by atoms with Crippen LogP contribution in [0.5, 0.6) is 0 Å². The molecule has 0 amide bonds. The van der Waals surface area contributed by atoms with Crippen LogP contribution in [-0.2, 0) is 4.74 Å². The van der Waals surface area contributed by atoms with E-state index in [-0.39, 0.29) is 17.2 Å². The number of hydrogen-bond donors (Lipinski definition) is 2. The molecule has 0 aliphatic heterocycles. The van der Waals surface area contributed by atoms with E-state index >= 15 is 0 Å². The topological polar surface area (TPSA) is 69.8 Å². The van der Waals surface area contributed by atoms with Gasteiger partial charge in [-0.3, -0.25) is 15.8 Å². The second-order valence-electron chi connectivity index (χ2n) is 5.69. The predicted molar refractivity (Wildman–Crippen MR) is 112 cm³/mol. The highest BCUT2D eigenvalue weighted by Gasteiger charge is 2.24. The Balaban J connectivity index is 2.88. The summed E-state index contributed by atoms with van der Waals surface area (Å²) >= 11 is 0. The number of rotatable bonds is 7. The molecule has 28 heavy (non-hydrogen) atoms. The highest BCUT2D eigenvalue weighted by Crippen LogP contribution is 2.29. The summed E-state index contributed by atoms with van der Waals surface area (Å²) in [5.41, 5.74) is 1.78. The van der Waals surface area contributed by atoms with Crippen molar-refractivity contribution in [1.29, 1.82) is 10.8 Å². The van der Waals surface area contributed by atoms with Gasteiger partial charge >= 0.3 is 0 Å². The quantitative estimate of drug-likeness (QED) is 0.389. The first-order valence-electron chi connectivity index (χ1n) is 8.63. The zero-order valence-corrected chi connectivity index (χ0v) is 15.9. The van der Waals surface area contributed by atoms with E-state index < -0.39 is 5.82 Å². The molecule has 0 atom stereocenters. The molecule has 0 spiro atoms. The lowest BCUT2D eigenvalue weighted by Crippen LogP contribution is -2.16. The van der Waals surface area contributed by atoms with Crippen LogP contribution in [0.4, 0.5) is 4.39 Å². The zero-order valence-electron chi connectivity index (χ0n) is 15.9. The Morgan fingerprint density at radius 3 is 2.43 bits per heavy atom. The summed E-state index contributed by atoms with van der Waals surface area (Å²) in [6.45, 7) is 5.48. The van der Waals surface area contributed by atoms with Crippen LogP contribution in [0.3, 0.4) is 0 Å². The Hall–Kier alpha value is -3.60. The minimum Gasteiger partial charge on any atom is -0.481 e. The van der Waals surface area contributed by atoms with Crippen LogP contribution in [0.15, 0.2) is 90.7 Å². The van der Waals surface area contributed by atoms with Crippen molar-refractivity contribution >= 4 is 17.2 Å². The van der Waals surface area contributed by atoms with Crippen LogP contribution >= 0.6 is 0 Å². The van der Waals surface area contributed by atoms with E-state index in [1.165, 1.54) is 19.2 Å². The third-order valence-electron chi connectivity index (χ3n) is 4.01. The molecule has 0 aliphatic carbocycles. The predicted octanol–water partition coefficient (Wildman–Crippen LogP) is 5.35. The molecule has 4 nitrogen and oxygen atoms in total. The van der Waals surface area contributed by atoms with Crippen LogP contribution in [0.1, 0.15) is 18.2 Å². The number of hydrogen-bond acceptors (Lipinski definition) is 4. The lowest BCUT2D eigenvalue weighted by atomic mass is 9.89. The highest BCUT2D eigenvalue weighted by molar-refractivity contribution is 6.30. The highest BCUT2D eigenvalue weighted by atomic mass is 19.1. The minimum atomic E-state index is -0.516. The maximum atomic E-state index is 14.5. The van der Waals surface area contributed by atoms with Crippen LogP contribution in [0.2, 0.25) is 0 Å². The van der Waals surface area contributed by atoms with Crippen molar-refractivity contribution in [2.45, 2.75) is 6.92 Å². The molecule has 2 aromatic rings. The first-order valence-corrected chi connectivity index (χ1v) is 8.63. The molecule has 1 aromatic carbocycles. The molecule has 1 heterocycles. The number of nitrogens with one attached hydrogen (secondary N) is 2. The average molecular weight is 375 g/mol. The number of halogens is 1. The minimum absolute atomic E-state index is 0.0673. The maximum absolute atomic E-state index is 14.5. The second-order valence-corrected chi connectivity index (χ2v) is 5.69. The molecule has 142 valence electrons. The molecule has 0 aliphatic rings. The molecule has 0 saturated carbocycles. The fourth-order valence-corrected chi connectivity index (χ4v) is 2.68. The fourth-order valence-electron chi connectivity index (χ4n) is 2.68. The summed E-state index contributed by atoms with van der Waals surface area (Å²) in [5.74, 6) is -0.682. The lowest BCUT2D eigenvalue weighted by molar-refractivity contribution is 0.405. The van der Waals surface area contributed by atoms with Crippen molar-refractivity contribution in [3.8, 4) is 0 Å². The van der Waals surface area contributed by atoms with Gasteiger partial charge in [0.2, 0.25) is 5.90 Å². The van der Waals surface area contributed by atoms with E-state index in [0.29, 0.717) is 22.4 Å². The number of allylic oxidation sites excluding steroid dienone is 6. The largest absolute Gasteiger partial charge is 0.481 e. The zero-order chi connectivity index (χ0) is 20.5. The third kappa shape index (κ3) is 4.57. The number of pyridine rings is 1. The van der Waals surface area contributed by atoms with Gasteiger partial charge < -0.3 is 4.74 Å². The Morgan fingerprint density at radius 2 is 1.86 bits per heavy atom. The fraction of sp³-hybridized carbons (Fsp3) is 0.0870.